The second-order valence-electron chi connectivity index (χ2n) is 6.79. The van der Waals surface area contributed by atoms with E-state index in [4.69, 9.17) is 5.73 Å². The number of nitrogens with zero attached hydrogens (tertiary/aromatic N) is 2. The largest absolute Gasteiger partial charge is 0.398 e. The molecule has 1 fully saturated rings. The molecule has 1 aliphatic rings. The van der Waals surface area contributed by atoms with Gasteiger partial charge in [-0.15, -0.1) is 0 Å². The van der Waals surface area contributed by atoms with Crippen LogP contribution in [0.15, 0.2) is 53.0 Å². The Bertz CT molecular complexity index is 666. The van der Waals surface area contributed by atoms with Crippen molar-refractivity contribution in [1.29, 1.82) is 0 Å². The van der Waals surface area contributed by atoms with Crippen LogP contribution in [0.3, 0.4) is 0 Å². The van der Waals surface area contributed by atoms with Crippen molar-refractivity contribution in [3.05, 3.63) is 64.1 Å². The van der Waals surface area contributed by atoms with Gasteiger partial charge in [-0.25, -0.2) is 0 Å². The highest BCUT2D eigenvalue weighted by atomic mass is 79.9. The van der Waals surface area contributed by atoms with Crippen molar-refractivity contribution < 1.29 is 0 Å². The van der Waals surface area contributed by atoms with Crippen LogP contribution in [0.2, 0.25) is 0 Å². The van der Waals surface area contributed by atoms with Crippen molar-refractivity contribution in [1.82, 2.24) is 9.80 Å². The monoisotopic (exact) mass is 387 g/mol. The maximum absolute atomic E-state index is 6.36. The SMILES string of the molecule is CN1CCC(N(C)C(c2ccccc2)c2cc(Br)ccc2N)CC1. The molecule has 0 aromatic heterocycles. The molecule has 3 nitrogen and oxygen atoms in total. The summed E-state index contributed by atoms with van der Waals surface area (Å²) in [4.78, 5) is 4.93. The van der Waals surface area contributed by atoms with E-state index in [1.54, 1.807) is 0 Å². The van der Waals surface area contributed by atoms with E-state index in [9.17, 15) is 0 Å². The second kappa shape index (κ2) is 7.68. The average molecular weight is 388 g/mol. The number of likely N-dealkylation sites (tertiary alicyclic amines) is 1. The third-order valence-electron chi connectivity index (χ3n) is 5.13. The molecule has 0 spiro atoms. The van der Waals surface area contributed by atoms with Gasteiger partial charge in [0.05, 0.1) is 6.04 Å². The first-order valence-corrected chi connectivity index (χ1v) is 9.36. The molecule has 0 radical (unpaired) electrons. The molecule has 4 heteroatoms. The van der Waals surface area contributed by atoms with E-state index in [0.717, 1.165) is 23.2 Å². The number of nitrogen functional groups attached to an aromatic ring is 1. The number of hydrogen-bond acceptors (Lipinski definition) is 3. The Labute approximate surface area is 153 Å². The fraction of sp³-hybridized carbons (Fsp3) is 0.400. The molecular formula is C20H26BrN3. The Morgan fingerprint density at radius 2 is 1.79 bits per heavy atom. The molecule has 2 aromatic rings. The fourth-order valence-electron chi connectivity index (χ4n) is 3.66. The van der Waals surface area contributed by atoms with Crippen molar-refractivity contribution in [2.45, 2.75) is 24.9 Å². The summed E-state index contributed by atoms with van der Waals surface area (Å²) in [5.74, 6) is 0. The summed E-state index contributed by atoms with van der Waals surface area (Å²) in [5.41, 5.74) is 9.69. The Balaban J connectivity index is 1.98. The van der Waals surface area contributed by atoms with Crippen molar-refractivity contribution in [3.8, 4) is 0 Å². The standard InChI is InChI=1S/C20H26BrN3/c1-23-12-10-17(11-13-23)24(2)20(15-6-4-3-5-7-15)18-14-16(21)8-9-19(18)22/h3-9,14,17,20H,10-13,22H2,1-2H3. The molecule has 1 saturated heterocycles. The molecule has 0 saturated carbocycles. The number of hydrogen-bond donors (Lipinski definition) is 1. The highest BCUT2D eigenvalue weighted by Crippen LogP contribution is 2.35. The van der Waals surface area contributed by atoms with Crippen LogP contribution >= 0.6 is 15.9 Å². The molecule has 128 valence electrons. The molecule has 1 unspecified atom stereocenters. The normalized spacial score (nSPS) is 18.0. The Morgan fingerprint density at radius 1 is 1.12 bits per heavy atom. The Morgan fingerprint density at radius 3 is 2.46 bits per heavy atom. The fourth-order valence-corrected chi connectivity index (χ4v) is 4.04. The topological polar surface area (TPSA) is 32.5 Å². The van der Waals surface area contributed by atoms with Crippen molar-refractivity contribution in [2.24, 2.45) is 0 Å². The Hall–Kier alpha value is -1.36. The van der Waals surface area contributed by atoms with Gasteiger partial charge in [0.25, 0.3) is 0 Å². The minimum Gasteiger partial charge on any atom is -0.398 e. The maximum atomic E-state index is 6.36. The highest BCUT2D eigenvalue weighted by Gasteiger charge is 2.29. The molecule has 2 aromatic carbocycles. The average Bonchev–Trinajstić information content (AvgIpc) is 2.60. The molecule has 1 heterocycles. The molecule has 0 amide bonds. The van der Waals surface area contributed by atoms with E-state index < -0.39 is 0 Å². The summed E-state index contributed by atoms with van der Waals surface area (Å²) in [6, 6.07) is 17.6. The summed E-state index contributed by atoms with van der Waals surface area (Å²) < 4.78 is 1.07. The molecule has 0 aliphatic carbocycles. The molecular weight excluding hydrogens is 362 g/mol. The van der Waals surface area contributed by atoms with E-state index in [0.29, 0.717) is 6.04 Å². The lowest BCUT2D eigenvalue weighted by Gasteiger charge is -2.40. The first-order valence-electron chi connectivity index (χ1n) is 8.56. The van der Waals surface area contributed by atoms with Crippen molar-refractivity contribution in [2.75, 3.05) is 32.9 Å². The lowest BCUT2D eigenvalue weighted by Crippen LogP contribution is -2.43. The zero-order chi connectivity index (χ0) is 17.1. The summed E-state index contributed by atoms with van der Waals surface area (Å²) >= 11 is 3.61. The first-order chi connectivity index (χ1) is 11.6. The molecule has 24 heavy (non-hydrogen) atoms. The van der Waals surface area contributed by atoms with Crippen molar-refractivity contribution in [3.63, 3.8) is 0 Å². The summed E-state index contributed by atoms with van der Waals surface area (Å²) in [6.07, 6.45) is 2.40. The Kier molecular flexibility index (Phi) is 5.59. The van der Waals surface area contributed by atoms with Gasteiger partial charge in [0.15, 0.2) is 0 Å². The zero-order valence-corrected chi connectivity index (χ0v) is 16.0. The van der Waals surface area contributed by atoms with E-state index >= 15 is 0 Å². The van der Waals surface area contributed by atoms with Gasteiger partial charge in [-0.3, -0.25) is 4.90 Å². The molecule has 1 aliphatic heterocycles. The van der Waals surface area contributed by atoms with Crippen LogP contribution < -0.4 is 5.73 Å². The lowest BCUT2D eigenvalue weighted by atomic mass is 9.92. The molecule has 0 bridgehead atoms. The van der Waals surface area contributed by atoms with Crippen LogP contribution in [0.5, 0.6) is 0 Å². The van der Waals surface area contributed by atoms with Gasteiger partial charge >= 0.3 is 0 Å². The van der Waals surface area contributed by atoms with Crippen molar-refractivity contribution >= 4 is 21.6 Å². The van der Waals surface area contributed by atoms with Gasteiger partial charge < -0.3 is 10.6 Å². The minimum atomic E-state index is 0.178. The van der Waals surface area contributed by atoms with Crippen LogP contribution in [0.4, 0.5) is 5.69 Å². The van der Waals surface area contributed by atoms with Gasteiger partial charge in [0, 0.05) is 16.2 Å². The third kappa shape index (κ3) is 3.82. The number of nitrogens with two attached hydrogens (primary N) is 1. The van der Waals surface area contributed by atoms with Gasteiger partial charge in [0.2, 0.25) is 0 Å². The second-order valence-corrected chi connectivity index (χ2v) is 7.70. The zero-order valence-electron chi connectivity index (χ0n) is 14.5. The molecule has 3 rings (SSSR count). The first kappa shape index (κ1) is 17.5. The summed E-state index contributed by atoms with van der Waals surface area (Å²) in [6.45, 7) is 2.31. The van der Waals surface area contributed by atoms with Crippen LogP contribution in [0.1, 0.15) is 30.0 Å². The van der Waals surface area contributed by atoms with Gasteiger partial charge in [-0.2, -0.15) is 0 Å². The smallest absolute Gasteiger partial charge is 0.0622 e. The van der Waals surface area contributed by atoms with Crippen LogP contribution in [-0.2, 0) is 0 Å². The summed E-state index contributed by atoms with van der Waals surface area (Å²) in [7, 11) is 4.45. The highest BCUT2D eigenvalue weighted by molar-refractivity contribution is 9.10. The van der Waals surface area contributed by atoms with Gasteiger partial charge in [-0.1, -0.05) is 46.3 Å². The predicted octanol–water partition coefficient (Wildman–Crippen LogP) is 4.15. The number of piperidine rings is 1. The lowest BCUT2D eigenvalue weighted by molar-refractivity contribution is 0.121. The third-order valence-corrected chi connectivity index (χ3v) is 5.62. The van der Waals surface area contributed by atoms with E-state index in [1.165, 1.54) is 24.0 Å². The van der Waals surface area contributed by atoms with Crippen LogP contribution in [-0.4, -0.2) is 43.0 Å². The van der Waals surface area contributed by atoms with Crippen LogP contribution in [0.25, 0.3) is 0 Å². The predicted molar refractivity (Wildman–Crippen MR) is 105 cm³/mol. The molecule has 2 N–H and O–H groups in total. The quantitative estimate of drug-likeness (QED) is 0.799. The summed E-state index contributed by atoms with van der Waals surface area (Å²) in [5, 5.41) is 0. The van der Waals surface area contributed by atoms with E-state index in [1.807, 2.05) is 12.1 Å². The molecule has 1 atom stereocenters. The number of rotatable bonds is 4. The van der Waals surface area contributed by atoms with E-state index in [2.05, 4.69) is 76.2 Å². The van der Waals surface area contributed by atoms with Gasteiger partial charge in [0.1, 0.15) is 0 Å². The minimum absolute atomic E-state index is 0.178. The van der Waals surface area contributed by atoms with Gasteiger partial charge in [-0.05, 0) is 69.4 Å². The van der Waals surface area contributed by atoms with Crippen LogP contribution in [0, 0.1) is 0 Å². The number of anilines is 1. The number of benzene rings is 2. The van der Waals surface area contributed by atoms with E-state index in [-0.39, 0.29) is 6.04 Å². The maximum Gasteiger partial charge on any atom is 0.0622 e. The number of halogens is 1.